The number of ether oxygens (including phenoxy) is 1. The van der Waals surface area contributed by atoms with Crippen LogP contribution < -0.4 is 4.74 Å². The maximum Gasteiger partial charge on any atom is 0.272 e. The zero-order valence-corrected chi connectivity index (χ0v) is 11.2. The molecule has 0 amide bonds. The Morgan fingerprint density at radius 1 is 1.35 bits per heavy atom. The molecule has 2 aromatic rings. The second-order valence-corrected chi connectivity index (χ2v) is 4.38. The molecule has 1 heterocycles. The van der Waals surface area contributed by atoms with Crippen LogP contribution in [0, 0.1) is 12.7 Å². The highest BCUT2D eigenvalue weighted by Gasteiger charge is 2.11. The largest absolute Gasteiger partial charge is 0.470 e. The van der Waals surface area contributed by atoms with Crippen molar-refractivity contribution in [2.75, 3.05) is 6.61 Å². The van der Waals surface area contributed by atoms with Crippen molar-refractivity contribution >= 4 is 11.6 Å². The molecule has 0 N–H and O–H groups in total. The normalized spacial score (nSPS) is 10.9. The number of aryl methyl sites for hydroxylation is 1. The monoisotopic (exact) mass is 302 g/mol. The predicted molar refractivity (Wildman–Crippen MR) is 68.7 cm³/mol. The van der Waals surface area contributed by atoms with Gasteiger partial charge in [-0.3, -0.25) is 0 Å². The average molecular weight is 303 g/mol. The van der Waals surface area contributed by atoms with Gasteiger partial charge in [0.15, 0.2) is 6.61 Å². The summed E-state index contributed by atoms with van der Waals surface area (Å²) in [6.07, 6.45) is -1.24. The molecule has 20 heavy (non-hydrogen) atoms. The number of hydrogen-bond donors (Lipinski definition) is 0. The first kappa shape index (κ1) is 14.6. The van der Waals surface area contributed by atoms with Gasteiger partial charge in [-0.05, 0) is 25.1 Å². The molecule has 0 unspecified atom stereocenters. The molecule has 1 aromatic carbocycles. The van der Waals surface area contributed by atoms with Crippen molar-refractivity contribution < 1.29 is 17.9 Å². The van der Waals surface area contributed by atoms with Gasteiger partial charge in [0, 0.05) is 5.56 Å². The lowest BCUT2D eigenvalue weighted by Gasteiger charge is -2.09. The van der Waals surface area contributed by atoms with Gasteiger partial charge in [0.1, 0.15) is 11.5 Å². The lowest BCUT2D eigenvalue weighted by atomic mass is 10.1. The molecule has 0 bridgehead atoms. The summed E-state index contributed by atoms with van der Waals surface area (Å²) in [7, 11) is 0. The fraction of sp³-hybridized carbons (Fsp3) is 0.231. The smallest absolute Gasteiger partial charge is 0.272 e. The van der Waals surface area contributed by atoms with Crippen LogP contribution in [0.3, 0.4) is 0 Å². The first-order valence-corrected chi connectivity index (χ1v) is 6.05. The maximum atomic E-state index is 13.0. The number of halogens is 4. The Morgan fingerprint density at radius 3 is 2.70 bits per heavy atom. The second-order valence-electron chi connectivity index (χ2n) is 3.97. The third-order valence-corrected chi connectivity index (χ3v) is 2.77. The molecule has 0 radical (unpaired) electrons. The third-order valence-electron chi connectivity index (χ3n) is 2.45. The molecule has 0 atom stereocenters. The first-order valence-electron chi connectivity index (χ1n) is 5.67. The number of nitrogens with zero attached hydrogens (tertiary/aromatic N) is 2. The molecular weight excluding hydrogens is 293 g/mol. The number of alkyl halides is 2. The van der Waals surface area contributed by atoms with Gasteiger partial charge in [-0.15, -0.1) is 0 Å². The average Bonchev–Trinajstić information content (AvgIpc) is 2.37. The van der Waals surface area contributed by atoms with E-state index >= 15 is 0 Å². The van der Waals surface area contributed by atoms with Gasteiger partial charge in [-0.2, -0.15) is 0 Å². The van der Waals surface area contributed by atoms with Crippen molar-refractivity contribution in [2.45, 2.75) is 13.3 Å². The SMILES string of the molecule is Cc1nc(-c2ccc(F)cc2Cl)cnc1OCC(F)F. The minimum atomic E-state index is -2.58. The molecule has 1 aromatic heterocycles. The zero-order valence-electron chi connectivity index (χ0n) is 10.4. The van der Waals surface area contributed by atoms with Gasteiger partial charge in [0.05, 0.1) is 16.9 Å². The van der Waals surface area contributed by atoms with Gasteiger partial charge >= 0.3 is 0 Å². The molecule has 2 rings (SSSR count). The van der Waals surface area contributed by atoms with E-state index in [4.69, 9.17) is 16.3 Å². The predicted octanol–water partition coefficient (Wildman–Crippen LogP) is 3.89. The summed E-state index contributed by atoms with van der Waals surface area (Å²) in [5.41, 5.74) is 1.27. The fourth-order valence-electron chi connectivity index (χ4n) is 1.58. The quantitative estimate of drug-likeness (QED) is 0.859. The van der Waals surface area contributed by atoms with Crippen LogP contribution in [-0.2, 0) is 0 Å². The number of hydrogen-bond acceptors (Lipinski definition) is 3. The lowest BCUT2D eigenvalue weighted by molar-refractivity contribution is 0.0790. The van der Waals surface area contributed by atoms with Crippen LogP contribution in [0.15, 0.2) is 24.4 Å². The summed E-state index contributed by atoms with van der Waals surface area (Å²) in [5, 5.41) is 0.194. The standard InChI is InChI=1S/C13H10ClF3N2O/c1-7-13(20-6-12(16)17)18-5-11(19-7)9-3-2-8(15)4-10(9)14/h2-5,12H,6H2,1H3. The van der Waals surface area contributed by atoms with Crippen LogP contribution in [-0.4, -0.2) is 23.0 Å². The minimum Gasteiger partial charge on any atom is -0.470 e. The number of benzene rings is 1. The Labute approximate surface area is 118 Å². The van der Waals surface area contributed by atoms with Crippen molar-refractivity contribution in [3.05, 3.63) is 40.9 Å². The Kier molecular flexibility index (Phi) is 4.44. The van der Waals surface area contributed by atoms with E-state index in [1.165, 1.54) is 18.3 Å². The molecule has 3 nitrogen and oxygen atoms in total. The van der Waals surface area contributed by atoms with Crippen LogP contribution in [0.4, 0.5) is 13.2 Å². The van der Waals surface area contributed by atoms with Crippen molar-refractivity contribution in [2.24, 2.45) is 0 Å². The van der Waals surface area contributed by atoms with Crippen LogP contribution in [0.2, 0.25) is 5.02 Å². The van der Waals surface area contributed by atoms with E-state index in [1.54, 1.807) is 6.92 Å². The van der Waals surface area contributed by atoms with Gasteiger partial charge < -0.3 is 4.74 Å². The van der Waals surface area contributed by atoms with E-state index in [2.05, 4.69) is 9.97 Å². The van der Waals surface area contributed by atoms with Crippen molar-refractivity contribution in [1.29, 1.82) is 0 Å². The van der Waals surface area contributed by atoms with E-state index in [1.807, 2.05) is 0 Å². The summed E-state index contributed by atoms with van der Waals surface area (Å²) < 4.78 is 41.9. The molecule has 0 fully saturated rings. The van der Waals surface area contributed by atoms with Gasteiger partial charge in [0.25, 0.3) is 6.43 Å². The van der Waals surface area contributed by atoms with E-state index in [-0.39, 0.29) is 10.9 Å². The van der Waals surface area contributed by atoms with Crippen LogP contribution >= 0.6 is 11.6 Å². The van der Waals surface area contributed by atoms with Crippen LogP contribution in [0.5, 0.6) is 5.88 Å². The highest BCUT2D eigenvalue weighted by Crippen LogP contribution is 2.28. The molecular formula is C13H10ClF3N2O. The fourth-order valence-corrected chi connectivity index (χ4v) is 1.85. The van der Waals surface area contributed by atoms with Crippen LogP contribution in [0.1, 0.15) is 5.69 Å². The summed E-state index contributed by atoms with van der Waals surface area (Å²) >= 11 is 5.92. The van der Waals surface area contributed by atoms with Gasteiger partial charge in [-0.1, -0.05) is 11.6 Å². The van der Waals surface area contributed by atoms with Crippen molar-refractivity contribution in [3.8, 4) is 17.1 Å². The highest BCUT2D eigenvalue weighted by atomic mass is 35.5. The van der Waals surface area contributed by atoms with E-state index in [0.29, 0.717) is 17.0 Å². The first-order chi connectivity index (χ1) is 9.47. The molecule has 0 saturated heterocycles. The van der Waals surface area contributed by atoms with E-state index in [9.17, 15) is 13.2 Å². The van der Waals surface area contributed by atoms with E-state index in [0.717, 1.165) is 6.07 Å². The Morgan fingerprint density at radius 2 is 2.10 bits per heavy atom. The van der Waals surface area contributed by atoms with Crippen molar-refractivity contribution in [3.63, 3.8) is 0 Å². The Balaban J connectivity index is 2.28. The van der Waals surface area contributed by atoms with E-state index < -0.39 is 18.8 Å². The third kappa shape index (κ3) is 3.39. The maximum absolute atomic E-state index is 13.0. The van der Waals surface area contributed by atoms with Gasteiger partial charge in [-0.25, -0.2) is 23.1 Å². The molecule has 7 heteroatoms. The summed E-state index contributed by atoms with van der Waals surface area (Å²) in [4.78, 5) is 8.09. The lowest BCUT2D eigenvalue weighted by Crippen LogP contribution is -2.09. The molecule has 0 saturated carbocycles. The Bertz CT molecular complexity index is 623. The minimum absolute atomic E-state index is 0.0345. The zero-order chi connectivity index (χ0) is 14.7. The molecule has 106 valence electrons. The molecule has 0 spiro atoms. The second kappa shape index (κ2) is 6.09. The molecule has 0 aliphatic heterocycles. The van der Waals surface area contributed by atoms with Crippen LogP contribution in [0.25, 0.3) is 11.3 Å². The van der Waals surface area contributed by atoms with Gasteiger partial charge in [0.2, 0.25) is 5.88 Å². The number of aromatic nitrogens is 2. The topological polar surface area (TPSA) is 35.0 Å². The summed E-state index contributed by atoms with van der Waals surface area (Å²) in [6, 6.07) is 3.88. The Hall–Kier alpha value is -1.82. The number of rotatable bonds is 4. The molecule has 0 aliphatic rings. The molecule has 0 aliphatic carbocycles. The summed E-state index contributed by atoms with van der Waals surface area (Å²) in [5.74, 6) is -0.424. The van der Waals surface area contributed by atoms with Crippen molar-refractivity contribution in [1.82, 2.24) is 9.97 Å². The summed E-state index contributed by atoms with van der Waals surface area (Å²) in [6.45, 7) is 0.834. The highest BCUT2D eigenvalue weighted by molar-refractivity contribution is 6.33.